The first-order valence-corrected chi connectivity index (χ1v) is 9.36. The fraction of sp³-hybridized carbons (Fsp3) is 0.833. The fourth-order valence-corrected chi connectivity index (χ4v) is 1.90. The van der Waals surface area contributed by atoms with E-state index in [2.05, 4.69) is 57.6 Å². The van der Waals surface area contributed by atoms with Gasteiger partial charge < -0.3 is 9.33 Å². The topological polar surface area (TPSA) is 12.5 Å². The van der Waals surface area contributed by atoms with E-state index in [1.54, 1.807) is 0 Å². The van der Waals surface area contributed by atoms with Crippen LogP contribution >= 0.6 is 0 Å². The Kier molecular flexibility index (Phi) is 6.93. The zero-order chi connectivity index (χ0) is 11.9. The molecule has 0 amide bonds. The molecule has 0 rings (SSSR count). The summed E-state index contributed by atoms with van der Waals surface area (Å²) in [5.41, 5.74) is 0. The van der Waals surface area contributed by atoms with E-state index in [0.29, 0.717) is 5.92 Å². The van der Waals surface area contributed by atoms with Crippen molar-refractivity contribution in [3.63, 3.8) is 0 Å². The smallest absolute Gasteiger partial charge is 0.183 e. The average Bonchev–Trinajstić information content (AvgIpc) is 2.15. The van der Waals surface area contributed by atoms with Gasteiger partial charge in [-0.05, 0) is 45.6 Å². The lowest BCUT2D eigenvalue weighted by molar-refractivity contribution is 0.276. The van der Waals surface area contributed by atoms with Gasteiger partial charge in [-0.2, -0.15) is 0 Å². The standard InChI is InChI=1S/C12H27NOSi/c1-7-13(8-2)10-9-12(3)11-14-15(4,5)6/h9-10,12H,7-8,11H2,1-6H3/b10-9+/t12-/m1/s1. The van der Waals surface area contributed by atoms with Gasteiger partial charge in [-0.1, -0.05) is 13.0 Å². The van der Waals surface area contributed by atoms with Gasteiger partial charge in [-0.25, -0.2) is 0 Å². The lowest BCUT2D eigenvalue weighted by Gasteiger charge is -2.20. The van der Waals surface area contributed by atoms with E-state index >= 15 is 0 Å². The maximum absolute atomic E-state index is 5.86. The Morgan fingerprint density at radius 2 is 1.73 bits per heavy atom. The summed E-state index contributed by atoms with van der Waals surface area (Å²) in [5.74, 6) is 0.511. The SMILES string of the molecule is CCN(/C=C/[C@@H](C)CO[Si](C)(C)C)CC. The number of hydrogen-bond acceptors (Lipinski definition) is 2. The van der Waals surface area contributed by atoms with Gasteiger partial charge in [0.05, 0.1) is 0 Å². The molecule has 0 aliphatic carbocycles. The van der Waals surface area contributed by atoms with Crippen molar-refractivity contribution in [2.45, 2.75) is 40.4 Å². The molecule has 0 saturated heterocycles. The maximum atomic E-state index is 5.86. The van der Waals surface area contributed by atoms with Crippen LogP contribution in [0.4, 0.5) is 0 Å². The van der Waals surface area contributed by atoms with Gasteiger partial charge in [0.15, 0.2) is 8.32 Å². The number of hydrogen-bond donors (Lipinski definition) is 0. The van der Waals surface area contributed by atoms with Gasteiger partial charge in [0, 0.05) is 19.7 Å². The minimum Gasteiger partial charge on any atom is -0.417 e. The molecular weight excluding hydrogens is 202 g/mol. The predicted octanol–water partition coefficient (Wildman–Crippen LogP) is 3.33. The monoisotopic (exact) mass is 229 g/mol. The van der Waals surface area contributed by atoms with E-state index in [4.69, 9.17) is 4.43 Å². The Morgan fingerprint density at radius 1 is 1.20 bits per heavy atom. The minimum atomic E-state index is -1.34. The van der Waals surface area contributed by atoms with E-state index in [9.17, 15) is 0 Å². The summed E-state index contributed by atoms with van der Waals surface area (Å²) >= 11 is 0. The van der Waals surface area contributed by atoms with E-state index in [1.165, 1.54) is 0 Å². The molecule has 0 saturated carbocycles. The lowest BCUT2D eigenvalue weighted by Crippen LogP contribution is -2.27. The molecule has 0 aromatic heterocycles. The highest BCUT2D eigenvalue weighted by molar-refractivity contribution is 6.69. The molecule has 15 heavy (non-hydrogen) atoms. The normalized spacial score (nSPS) is 14.5. The maximum Gasteiger partial charge on any atom is 0.183 e. The molecule has 0 aliphatic rings. The quantitative estimate of drug-likeness (QED) is 0.621. The molecule has 0 aromatic rings. The number of nitrogens with zero attached hydrogens (tertiary/aromatic N) is 1. The molecule has 0 heterocycles. The predicted molar refractivity (Wildman–Crippen MR) is 70.5 cm³/mol. The Bertz CT molecular complexity index is 183. The molecule has 0 unspecified atom stereocenters. The molecule has 1 atom stereocenters. The summed E-state index contributed by atoms with van der Waals surface area (Å²) in [6.45, 7) is 16.3. The van der Waals surface area contributed by atoms with Crippen LogP contribution in [0.15, 0.2) is 12.3 Å². The zero-order valence-electron chi connectivity index (χ0n) is 11.2. The Labute approximate surface area is 96.4 Å². The Balaban J connectivity index is 3.87. The third-order valence-corrected chi connectivity index (χ3v) is 3.25. The highest BCUT2D eigenvalue weighted by Crippen LogP contribution is 2.07. The second kappa shape index (κ2) is 7.07. The molecule has 0 fully saturated rings. The molecule has 0 aromatic carbocycles. The van der Waals surface area contributed by atoms with Gasteiger partial charge in [-0.3, -0.25) is 0 Å². The van der Waals surface area contributed by atoms with Crippen molar-refractivity contribution in [1.29, 1.82) is 0 Å². The van der Waals surface area contributed by atoms with Gasteiger partial charge >= 0.3 is 0 Å². The van der Waals surface area contributed by atoms with Crippen LogP contribution in [0.3, 0.4) is 0 Å². The molecule has 0 spiro atoms. The van der Waals surface area contributed by atoms with Crippen LogP contribution in [-0.2, 0) is 4.43 Å². The van der Waals surface area contributed by atoms with Gasteiger partial charge in [0.1, 0.15) is 0 Å². The first-order valence-electron chi connectivity index (χ1n) is 5.95. The molecule has 0 bridgehead atoms. The van der Waals surface area contributed by atoms with E-state index in [0.717, 1.165) is 19.7 Å². The van der Waals surface area contributed by atoms with Gasteiger partial charge in [0.2, 0.25) is 0 Å². The van der Waals surface area contributed by atoms with Crippen LogP contribution < -0.4 is 0 Å². The first-order chi connectivity index (χ1) is 6.89. The summed E-state index contributed by atoms with van der Waals surface area (Å²) in [7, 11) is -1.34. The van der Waals surface area contributed by atoms with Crippen LogP contribution in [0.2, 0.25) is 19.6 Å². The highest BCUT2D eigenvalue weighted by Gasteiger charge is 2.14. The minimum absolute atomic E-state index is 0.511. The van der Waals surface area contributed by atoms with Crippen molar-refractivity contribution in [2.24, 2.45) is 5.92 Å². The van der Waals surface area contributed by atoms with E-state index in [-0.39, 0.29) is 0 Å². The highest BCUT2D eigenvalue weighted by atomic mass is 28.4. The third-order valence-electron chi connectivity index (χ3n) is 2.22. The van der Waals surface area contributed by atoms with Gasteiger partial charge in [-0.15, -0.1) is 0 Å². The average molecular weight is 229 g/mol. The molecule has 90 valence electrons. The largest absolute Gasteiger partial charge is 0.417 e. The van der Waals surface area contributed by atoms with Crippen molar-refractivity contribution in [3.05, 3.63) is 12.3 Å². The van der Waals surface area contributed by atoms with Crippen LogP contribution in [0.1, 0.15) is 20.8 Å². The lowest BCUT2D eigenvalue weighted by atomic mass is 10.2. The van der Waals surface area contributed by atoms with Crippen molar-refractivity contribution >= 4 is 8.32 Å². The summed E-state index contributed by atoms with van der Waals surface area (Å²) in [4.78, 5) is 2.30. The molecular formula is C12H27NOSi. The fourth-order valence-electron chi connectivity index (χ4n) is 1.14. The molecule has 0 N–H and O–H groups in total. The van der Waals surface area contributed by atoms with Crippen LogP contribution in [-0.4, -0.2) is 32.9 Å². The second-order valence-corrected chi connectivity index (χ2v) is 9.48. The zero-order valence-corrected chi connectivity index (χ0v) is 12.2. The van der Waals surface area contributed by atoms with E-state index in [1.807, 2.05) is 0 Å². The molecule has 0 radical (unpaired) electrons. The van der Waals surface area contributed by atoms with Crippen molar-refractivity contribution < 1.29 is 4.43 Å². The van der Waals surface area contributed by atoms with Crippen LogP contribution in [0.25, 0.3) is 0 Å². The second-order valence-electron chi connectivity index (χ2n) is 4.96. The van der Waals surface area contributed by atoms with Crippen LogP contribution in [0.5, 0.6) is 0 Å². The van der Waals surface area contributed by atoms with Crippen LogP contribution in [0, 0.1) is 5.92 Å². The molecule has 3 heteroatoms. The summed E-state index contributed by atoms with van der Waals surface area (Å²) in [5, 5.41) is 0. The Morgan fingerprint density at radius 3 is 2.13 bits per heavy atom. The summed E-state index contributed by atoms with van der Waals surface area (Å²) in [6, 6.07) is 0. The molecule has 0 aliphatic heterocycles. The summed E-state index contributed by atoms with van der Waals surface area (Å²) < 4.78 is 5.86. The Hall–Kier alpha value is -0.283. The first kappa shape index (κ1) is 14.7. The van der Waals surface area contributed by atoms with Crippen molar-refractivity contribution in [3.8, 4) is 0 Å². The summed E-state index contributed by atoms with van der Waals surface area (Å²) in [6.07, 6.45) is 4.44. The molecule has 2 nitrogen and oxygen atoms in total. The van der Waals surface area contributed by atoms with Gasteiger partial charge in [0.25, 0.3) is 0 Å². The van der Waals surface area contributed by atoms with Crippen molar-refractivity contribution in [1.82, 2.24) is 4.90 Å². The van der Waals surface area contributed by atoms with Crippen molar-refractivity contribution in [2.75, 3.05) is 19.7 Å². The third kappa shape index (κ3) is 8.69. The van der Waals surface area contributed by atoms with E-state index < -0.39 is 8.32 Å². The number of rotatable bonds is 7.